The highest BCUT2D eigenvalue weighted by Gasteiger charge is 2.20. The van der Waals surface area contributed by atoms with E-state index in [1.807, 2.05) is 37.3 Å². The molecule has 0 heterocycles. The lowest BCUT2D eigenvalue weighted by Crippen LogP contribution is -2.42. The Morgan fingerprint density at radius 1 is 1.11 bits per heavy atom. The highest BCUT2D eigenvalue weighted by molar-refractivity contribution is 5.80. The third-order valence-corrected chi connectivity index (χ3v) is 4.89. The number of aliphatic hydroxyl groups excluding tert-OH is 1. The highest BCUT2D eigenvalue weighted by Crippen LogP contribution is 2.23. The molecule has 1 aromatic carbocycles. The molecule has 6 heteroatoms. The summed E-state index contributed by atoms with van der Waals surface area (Å²) in [5, 5.41) is 19.7. The van der Waals surface area contributed by atoms with Crippen molar-refractivity contribution in [1.82, 2.24) is 16.0 Å². The van der Waals surface area contributed by atoms with Gasteiger partial charge in [0.2, 0.25) is 5.91 Å². The summed E-state index contributed by atoms with van der Waals surface area (Å²) in [4.78, 5) is 16.6. The van der Waals surface area contributed by atoms with Crippen molar-refractivity contribution in [3.05, 3.63) is 35.9 Å². The predicted octanol–water partition coefficient (Wildman–Crippen LogP) is 2.36. The van der Waals surface area contributed by atoms with Crippen LogP contribution in [0.25, 0.3) is 0 Å². The summed E-state index contributed by atoms with van der Waals surface area (Å²) in [6.45, 7) is 4.53. The number of nitrogens with zero attached hydrogens (tertiary/aromatic N) is 1. The van der Waals surface area contributed by atoms with Crippen LogP contribution in [0.2, 0.25) is 0 Å². The van der Waals surface area contributed by atoms with E-state index in [4.69, 9.17) is 0 Å². The van der Waals surface area contributed by atoms with E-state index in [9.17, 15) is 9.90 Å². The zero-order chi connectivity index (χ0) is 19.3. The summed E-state index contributed by atoms with van der Waals surface area (Å²) in [5.41, 5.74) is 0.913. The Morgan fingerprint density at radius 2 is 1.81 bits per heavy atom. The van der Waals surface area contributed by atoms with Crippen LogP contribution in [0.15, 0.2) is 35.3 Å². The molecule has 0 aliphatic heterocycles. The summed E-state index contributed by atoms with van der Waals surface area (Å²) < 4.78 is 0. The molecule has 1 aliphatic rings. The number of guanidine groups is 1. The first-order valence-corrected chi connectivity index (χ1v) is 10.2. The van der Waals surface area contributed by atoms with Crippen LogP contribution < -0.4 is 16.0 Å². The lowest BCUT2D eigenvalue weighted by atomic mass is 9.89. The minimum absolute atomic E-state index is 0.185. The topological polar surface area (TPSA) is 85.8 Å². The summed E-state index contributed by atoms with van der Waals surface area (Å²) in [7, 11) is 0. The second-order valence-corrected chi connectivity index (χ2v) is 7.03. The number of benzene rings is 1. The van der Waals surface area contributed by atoms with Crippen LogP contribution in [0.4, 0.5) is 0 Å². The molecule has 1 amide bonds. The van der Waals surface area contributed by atoms with Crippen molar-refractivity contribution in [1.29, 1.82) is 0 Å². The van der Waals surface area contributed by atoms with Gasteiger partial charge in [-0.15, -0.1) is 0 Å². The number of aliphatic imine (C=N–C) groups is 1. The zero-order valence-corrected chi connectivity index (χ0v) is 16.4. The number of rotatable bonds is 9. The van der Waals surface area contributed by atoms with Gasteiger partial charge in [0, 0.05) is 32.1 Å². The number of amides is 1. The molecule has 2 rings (SSSR count). The van der Waals surface area contributed by atoms with Crippen molar-refractivity contribution in [3.8, 4) is 0 Å². The molecule has 1 aliphatic carbocycles. The largest absolute Gasteiger partial charge is 0.388 e. The summed E-state index contributed by atoms with van der Waals surface area (Å²) in [6, 6.07) is 9.64. The van der Waals surface area contributed by atoms with Crippen LogP contribution in [0.1, 0.15) is 57.1 Å². The molecule has 0 spiro atoms. The summed E-state index contributed by atoms with van der Waals surface area (Å²) in [6.07, 6.45) is 5.70. The smallest absolute Gasteiger partial charge is 0.223 e. The van der Waals surface area contributed by atoms with Crippen molar-refractivity contribution in [2.24, 2.45) is 10.9 Å². The third-order valence-electron chi connectivity index (χ3n) is 4.89. The van der Waals surface area contributed by atoms with Gasteiger partial charge >= 0.3 is 0 Å². The molecule has 0 aromatic heterocycles. The van der Waals surface area contributed by atoms with E-state index < -0.39 is 6.10 Å². The van der Waals surface area contributed by atoms with E-state index in [-0.39, 0.29) is 11.8 Å². The van der Waals surface area contributed by atoms with Crippen molar-refractivity contribution < 1.29 is 9.90 Å². The Kier molecular flexibility index (Phi) is 9.69. The molecule has 0 bridgehead atoms. The number of hydrogen-bond donors (Lipinski definition) is 4. The second kappa shape index (κ2) is 12.3. The molecule has 27 heavy (non-hydrogen) atoms. The van der Waals surface area contributed by atoms with Gasteiger partial charge in [0.1, 0.15) is 0 Å². The fourth-order valence-corrected chi connectivity index (χ4v) is 3.36. The van der Waals surface area contributed by atoms with Crippen LogP contribution in [0, 0.1) is 5.92 Å². The molecule has 1 atom stereocenters. The van der Waals surface area contributed by atoms with E-state index in [0.717, 1.165) is 24.9 Å². The van der Waals surface area contributed by atoms with Gasteiger partial charge in [-0.2, -0.15) is 0 Å². The summed E-state index contributed by atoms with van der Waals surface area (Å²) >= 11 is 0. The van der Waals surface area contributed by atoms with E-state index >= 15 is 0 Å². The maximum Gasteiger partial charge on any atom is 0.223 e. The van der Waals surface area contributed by atoms with Gasteiger partial charge < -0.3 is 21.1 Å². The van der Waals surface area contributed by atoms with Crippen LogP contribution in [-0.4, -0.2) is 43.2 Å². The van der Waals surface area contributed by atoms with Crippen LogP contribution in [0.5, 0.6) is 0 Å². The van der Waals surface area contributed by atoms with E-state index in [0.29, 0.717) is 32.0 Å². The van der Waals surface area contributed by atoms with Gasteiger partial charge in [0.25, 0.3) is 0 Å². The quantitative estimate of drug-likeness (QED) is 0.304. The fraction of sp³-hybridized carbons (Fsp3) is 0.619. The molecule has 6 nitrogen and oxygen atoms in total. The van der Waals surface area contributed by atoms with Gasteiger partial charge in [0.15, 0.2) is 5.96 Å². The lowest BCUT2D eigenvalue weighted by molar-refractivity contribution is -0.125. The number of aliphatic hydroxyl groups is 1. The normalized spacial score (nSPS) is 16.6. The van der Waals surface area contributed by atoms with Crippen LogP contribution >= 0.6 is 0 Å². The first kappa shape index (κ1) is 21.2. The molecule has 1 aromatic rings. The maximum absolute atomic E-state index is 12.1. The Bertz CT molecular complexity index is 571. The van der Waals surface area contributed by atoms with Crippen molar-refractivity contribution in [2.75, 3.05) is 26.2 Å². The van der Waals surface area contributed by atoms with Crippen LogP contribution in [-0.2, 0) is 4.79 Å². The van der Waals surface area contributed by atoms with E-state index in [1.54, 1.807) is 0 Å². The Hall–Kier alpha value is -2.08. The monoisotopic (exact) mass is 374 g/mol. The number of hydrogen-bond acceptors (Lipinski definition) is 3. The first-order chi connectivity index (χ1) is 13.2. The minimum atomic E-state index is -0.507. The maximum atomic E-state index is 12.1. The van der Waals surface area contributed by atoms with E-state index in [2.05, 4.69) is 20.9 Å². The number of nitrogens with one attached hydrogen (secondary N) is 3. The third kappa shape index (κ3) is 7.99. The fourth-order valence-electron chi connectivity index (χ4n) is 3.36. The average Bonchev–Trinajstić information content (AvgIpc) is 2.72. The molecule has 0 radical (unpaired) electrons. The van der Waals surface area contributed by atoms with Gasteiger partial charge in [0.05, 0.1) is 6.10 Å². The molecule has 1 unspecified atom stereocenters. The summed E-state index contributed by atoms with van der Waals surface area (Å²) in [5.74, 6) is 1.09. The molecular weight excluding hydrogens is 340 g/mol. The second-order valence-electron chi connectivity index (χ2n) is 7.03. The zero-order valence-electron chi connectivity index (χ0n) is 16.4. The van der Waals surface area contributed by atoms with Crippen molar-refractivity contribution in [3.63, 3.8) is 0 Å². The Morgan fingerprint density at radius 3 is 2.52 bits per heavy atom. The molecule has 150 valence electrons. The minimum Gasteiger partial charge on any atom is -0.388 e. The molecule has 4 N–H and O–H groups in total. The molecular formula is C21H34N4O2. The van der Waals surface area contributed by atoms with Crippen molar-refractivity contribution >= 4 is 11.9 Å². The lowest BCUT2D eigenvalue weighted by Gasteiger charge is -2.21. The predicted molar refractivity (Wildman–Crippen MR) is 110 cm³/mol. The number of carbonyl (C=O) groups is 1. The highest BCUT2D eigenvalue weighted by atomic mass is 16.3. The number of carbonyl (C=O) groups excluding carboxylic acids is 1. The molecule has 0 saturated heterocycles. The van der Waals surface area contributed by atoms with Gasteiger partial charge in [-0.3, -0.25) is 9.79 Å². The molecule has 1 saturated carbocycles. The van der Waals surface area contributed by atoms with Gasteiger partial charge in [-0.25, -0.2) is 0 Å². The van der Waals surface area contributed by atoms with E-state index in [1.165, 1.54) is 19.3 Å². The van der Waals surface area contributed by atoms with Crippen LogP contribution in [0.3, 0.4) is 0 Å². The first-order valence-electron chi connectivity index (χ1n) is 10.2. The Labute approximate surface area is 162 Å². The van der Waals surface area contributed by atoms with Gasteiger partial charge in [-0.05, 0) is 31.7 Å². The standard InChI is InChI=1S/C21H34N4O2/c1-2-22-21(24-14-13-19(26)17-9-5-3-6-10-17)25-16-15-23-20(27)18-11-7-4-8-12-18/h3,5-6,9-10,18-19,26H,2,4,7-8,11-16H2,1H3,(H,23,27)(H2,22,24,25). The Balaban J connectivity index is 1.67. The van der Waals surface area contributed by atoms with Crippen molar-refractivity contribution in [2.45, 2.75) is 51.6 Å². The van der Waals surface area contributed by atoms with Gasteiger partial charge in [-0.1, -0.05) is 49.6 Å². The molecule has 1 fully saturated rings. The SMILES string of the molecule is CCNC(=NCCC(O)c1ccccc1)NCCNC(=O)C1CCCCC1. The average molecular weight is 375 g/mol.